The van der Waals surface area contributed by atoms with Crippen LogP contribution in [0.25, 0.3) is 0 Å². The van der Waals surface area contributed by atoms with Crippen molar-refractivity contribution in [3.05, 3.63) is 34.4 Å². The van der Waals surface area contributed by atoms with E-state index in [2.05, 4.69) is 0 Å². The van der Waals surface area contributed by atoms with Crippen molar-refractivity contribution < 1.29 is 19.2 Å². The van der Waals surface area contributed by atoms with Crippen LogP contribution in [0.4, 0.5) is 5.69 Å². The molecule has 0 saturated carbocycles. The number of amides is 1. The number of morpholine rings is 1. The summed E-state index contributed by atoms with van der Waals surface area (Å²) in [6.45, 7) is 1.96. The zero-order valence-corrected chi connectivity index (χ0v) is 11.4. The fourth-order valence-electron chi connectivity index (χ4n) is 2.16. The minimum Gasteiger partial charge on any atom is -0.484 e. The zero-order valence-electron chi connectivity index (χ0n) is 11.4. The lowest BCUT2D eigenvalue weighted by molar-refractivity contribution is -0.385. The number of hydrogen-bond donors (Lipinski definition) is 1. The molecule has 1 aromatic rings. The van der Waals surface area contributed by atoms with Crippen LogP contribution >= 0.6 is 0 Å². The highest BCUT2D eigenvalue weighted by Crippen LogP contribution is 2.26. The van der Waals surface area contributed by atoms with Crippen molar-refractivity contribution in [3.63, 3.8) is 0 Å². The van der Waals surface area contributed by atoms with Gasteiger partial charge in [-0.1, -0.05) is 12.1 Å². The first-order valence-corrected chi connectivity index (χ1v) is 6.54. The van der Waals surface area contributed by atoms with Crippen molar-refractivity contribution in [2.75, 3.05) is 32.8 Å². The molecule has 0 aliphatic carbocycles. The molecule has 0 radical (unpaired) electrons. The number of primary amides is 1. The minimum absolute atomic E-state index is 0.0812. The molecule has 1 atom stereocenters. The van der Waals surface area contributed by atoms with E-state index in [1.807, 2.05) is 4.90 Å². The SMILES string of the molecule is NC(=O)CN1CCOC(COc2ccccc2[N+](=O)[O-])C1. The third kappa shape index (κ3) is 4.40. The molecular formula is C13H17N3O5. The summed E-state index contributed by atoms with van der Waals surface area (Å²) in [4.78, 5) is 23.2. The molecule has 1 saturated heterocycles. The van der Waals surface area contributed by atoms with Crippen LogP contribution < -0.4 is 10.5 Å². The molecule has 1 fully saturated rings. The quantitative estimate of drug-likeness (QED) is 0.591. The van der Waals surface area contributed by atoms with Crippen molar-refractivity contribution in [1.29, 1.82) is 0 Å². The Labute approximate surface area is 121 Å². The number of nitro groups is 1. The predicted molar refractivity (Wildman–Crippen MR) is 74.0 cm³/mol. The van der Waals surface area contributed by atoms with Crippen LogP contribution in [-0.2, 0) is 9.53 Å². The Hall–Kier alpha value is -2.19. The Balaban J connectivity index is 1.91. The summed E-state index contributed by atoms with van der Waals surface area (Å²) in [5.41, 5.74) is 5.08. The van der Waals surface area contributed by atoms with Gasteiger partial charge in [0.2, 0.25) is 5.91 Å². The topological polar surface area (TPSA) is 108 Å². The molecule has 1 heterocycles. The molecule has 0 aromatic heterocycles. The number of carbonyl (C=O) groups excluding carboxylic acids is 1. The predicted octanol–water partition coefficient (Wildman–Crippen LogP) is 0.160. The number of nitrogens with two attached hydrogens (primary N) is 1. The van der Waals surface area contributed by atoms with Gasteiger partial charge in [-0.25, -0.2) is 0 Å². The van der Waals surface area contributed by atoms with E-state index < -0.39 is 10.8 Å². The van der Waals surface area contributed by atoms with Gasteiger partial charge in [0.15, 0.2) is 5.75 Å². The number of hydrogen-bond acceptors (Lipinski definition) is 6. The standard InChI is InChI=1S/C13H17N3O5/c14-13(17)8-15-5-6-20-10(7-15)9-21-12-4-2-1-3-11(12)16(18)19/h1-4,10H,5-9H2,(H2,14,17). The first-order chi connectivity index (χ1) is 10.1. The van der Waals surface area contributed by atoms with Crippen LogP contribution in [0, 0.1) is 10.1 Å². The third-order valence-corrected chi connectivity index (χ3v) is 3.09. The van der Waals surface area contributed by atoms with E-state index >= 15 is 0 Å². The molecule has 1 unspecified atom stereocenters. The molecule has 2 rings (SSSR count). The highest BCUT2D eigenvalue weighted by atomic mass is 16.6. The monoisotopic (exact) mass is 295 g/mol. The molecular weight excluding hydrogens is 278 g/mol. The van der Waals surface area contributed by atoms with Gasteiger partial charge in [0, 0.05) is 19.2 Å². The van der Waals surface area contributed by atoms with Crippen molar-refractivity contribution in [3.8, 4) is 5.75 Å². The lowest BCUT2D eigenvalue weighted by Crippen LogP contribution is -2.47. The van der Waals surface area contributed by atoms with Gasteiger partial charge in [-0.2, -0.15) is 0 Å². The van der Waals surface area contributed by atoms with E-state index in [0.717, 1.165) is 0 Å². The summed E-state index contributed by atoms with van der Waals surface area (Å²) < 4.78 is 11.0. The Morgan fingerprint density at radius 2 is 2.29 bits per heavy atom. The Bertz CT molecular complexity index is 522. The molecule has 1 aromatic carbocycles. The van der Waals surface area contributed by atoms with Crippen LogP contribution in [0.5, 0.6) is 5.75 Å². The van der Waals surface area contributed by atoms with E-state index in [0.29, 0.717) is 19.7 Å². The van der Waals surface area contributed by atoms with Gasteiger partial charge in [0.05, 0.1) is 18.1 Å². The maximum Gasteiger partial charge on any atom is 0.310 e. The molecule has 1 amide bonds. The number of benzene rings is 1. The average Bonchev–Trinajstić information content (AvgIpc) is 2.45. The third-order valence-electron chi connectivity index (χ3n) is 3.09. The van der Waals surface area contributed by atoms with Crippen molar-refractivity contribution in [2.24, 2.45) is 5.73 Å². The van der Waals surface area contributed by atoms with E-state index in [4.69, 9.17) is 15.2 Å². The Morgan fingerprint density at radius 3 is 3.00 bits per heavy atom. The number of para-hydroxylation sites is 2. The summed E-state index contributed by atoms with van der Waals surface area (Å²) in [5, 5.41) is 10.9. The fourth-order valence-corrected chi connectivity index (χ4v) is 2.16. The van der Waals surface area contributed by atoms with Crippen molar-refractivity contribution >= 4 is 11.6 Å². The van der Waals surface area contributed by atoms with Crippen molar-refractivity contribution in [2.45, 2.75) is 6.10 Å². The number of ether oxygens (including phenoxy) is 2. The molecule has 1 aliphatic heterocycles. The highest BCUT2D eigenvalue weighted by molar-refractivity contribution is 5.75. The lowest BCUT2D eigenvalue weighted by Gasteiger charge is -2.31. The molecule has 21 heavy (non-hydrogen) atoms. The fraction of sp³-hybridized carbons (Fsp3) is 0.462. The van der Waals surface area contributed by atoms with Gasteiger partial charge in [0.25, 0.3) is 0 Å². The molecule has 8 heteroatoms. The summed E-state index contributed by atoms with van der Waals surface area (Å²) >= 11 is 0. The van der Waals surface area contributed by atoms with E-state index in [1.54, 1.807) is 18.2 Å². The van der Waals surface area contributed by atoms with Crippen LogP contribution in [0.2, 0.25) is 0 Å². The number of nitro benzene ring substituents is 1. The smallest absolute Gasteiger partial charge is 0.310 e. The summed E-state index contributed by atoms with van der Waals surface area (Å²) in [5.74, 6) is -0.187. The second kappa shape index (κ2) is 7.00. The molecule has 0 bridgehead atoms. The number of carbonyl (C=O) groups is 1. The summed E-state index contributed by atoms with van der Waals surface area (Å²) in [7, 11) is 0. The maximum atomic E-state index is 10.9. The maximum absolute atomic E-state index is 10.9. The first kappa shape index (κ1) is 15.2. The Kier molecular flexibility index (Phi) is 5.07. The van der Waals surface area contributed by atoms with Gasteiger partial charge < -0.3 is 15.2 Å². The average molecular weight is 295 g/mol. The van der Waals surface area contributed by atoms with Gasteiger partial charge in [-0.3, -0.25) is 19.8 Å². The lowest BCUT2D eigenvalue weighted by atomic mass is 10.2. The second-order valence-corrected chi connectivity index (χ2v) is 4.73. The van der Waals surface area contributed by atoms with Crippen LogP contribution in [0.1, 0.15) is 0 Å². The summed E-state index contributed by atoms with van der Waals surface area (Å²) in [6, 6.07) is 6.18. The zero-order chi connectivity index (χ0) is 15.2. The number of rotatable bonds is 6. The van der Waals surface area contributed by atoms with Crippen molar-refractivity contribution in [1.82, 2.24) is 4.90 Å². The molecule has 0 spiro atoms. The molecule has 8 nitrogen and oxygen atoms in total. The van der Waals surface area contributed by atoms with Gasteiger partial charge >= 0.3 is 5.69 Å². The summed E-state index contributed by atoms with van der Waals surface area (Å²) in [6.07, 6.45) is -0.252. The van der Waals surface area contributed by atoms with Crippen LogP contribution in [0.3, 0.4) is 0 Å². The first-order valence-electron chi connectivity index (χ1n) is 6.54. The van der Waals surface area contributed by atoms with Gasteiger partial charge in [-0.15, -0.1) is 0 Å². The largest absolute Gasteiger partial charge is 0.484 e. The Morgan fingerprint density at radius 1 is 1.52 bits per heavy atom. The van der Waals surface area contributed by atoms with Crippen LogP contribution in [-0.4, -0.2) is 54.7 Å². The van der Waals surface area contributed by atoms with Gasteiger partial charge in [0.1, 0.15) is 12.7 Å². The van der Waals surface area contributed by atoms with Crippen LogP contribution in [0.15, 0.2) is 24.3 Å². The molecule has 1 aliphatic rings. The van der Waals surface area contributed by atoms with E-state index in [1.165, 1.54) is 6.07 Å². The van der Waals surface area contributed by atoms with E-state index in [9.17, 15) is 14.9 Å². The molecule has 114 valence electrons. The van der Waals surface area contributed by atoms with E-state index in [-0.39, 0.29) is 30.7 Å². The van der Waals surface area contributed by atoms with Gasteiger partial charge in [-0.05, 0) is 6.07 Å². The molecule has 2 N–H and O–H groups in total. The second-order valence-electron chi connectivity index (χ2n) is 4.73. The normalized spacial score (nSPS) is 19.1. The highest BCUT2D eigenvalue weighted by Gasteiger charge is 2.23. The number of nitrogens with zero attached hydrogens (tertiary/aromatic N) is 2. The minimum atomic E-state index is -0.490.